The highest BCUT2D eigenvalue weighted by Gasteiger charge is 2.30. The molecule has 0 aromatic heterocycles. The zero-order chi connectivity index (χ0) is 24.1. The average molecular weight is 592 g/mol. The van der Waals surface area contributed by atoms with Crippen LogP contribution < -0.4 is 9.62 Å². The van der Waals surface area contributed by atoms with Crippen LogP contribution in [0.15, 0.2) is 48.5 Å². The smallest absolute Gasteiger partial charge is 0.244 e. The highest BCUT2D eigenvalue weighted by atomic mass is 127. The van der Waals surface area contributed by atoms with E-state index < -0.39 is 28.5 Å². The molecule has 2 aromatic rings. The molecule has 0 saturated carbocycles. The number of carbonyl (C=O) groups excluding carboxylic acids is 2. The standard InChI is InChI=1S/C22H27ClIN3O4S/c1-15(2)25-22(29)16(3)26(13-17-7-5-6-8-20(17)23)21(28)14-27(32(4,30)31)19-11-9-18(24)10-12-19/h5-12,15-16H,13-14H2,1-4H3,(H,25,29)/t16-/m1/s1. The van der Waals surface area contributed by atoms with Gasteiger partial charge in [0.2, 0.25) is 21.8 Å². The fourth-order valence-electron chi connectivity index (χ4n) is 3.02. The number of halogens is 2. The van der Waals surface area contributed by atoms with Crippen molar-refractivity contribution in [2.45, 2.75) is 39.4 Å². The van der Waals surface area contributed by atoms with E-state index in [-0.39, 0.29) is 18.5 Å². The van der Waals surface area contributed by atoms with Crippen molar-refractivity contribution in [3.63, 3.8) is 0 Å². The van der Waals surface area contributed by atoms with Crippen molar-refractivity contribution < 1.29 is 18.0 Å². The number of rotatable bonds is 9. The number of amides is 2. The molecular formula is C22H27ClIN3O4S. The lowest BCUT2D eigenvalue weighted by Gasteiger charge is -2.32. The number of nitrogens with zero attached hydrogens (tertiary/aromatic N) is 2. The number of benzene rings is 2. The molecule has 10 heteroatoms. The summed E-state index contributed by atoms with van der Waals surface area (Å²) in [5.41, 5.74) is 1.03. The summed E-state index contributed by atoms with van der Waals surface area (Å²) in [6.45, 7) is 4.89. The largest absolute Gasteiger partial charge is 0.352 e. The highest BCUT2D eigenvalue weighted by Crippen LogP contribution is 2.22. The molecule has 0 fully saturated rings. The van der Waals surface area contributed by atoms with Crippen LogP contribution in [0.3, 0.4) is 0 Å². The van der Waals surface area contributed by atoms with Crippen molar-refractivity contribution in [1.82, 2.24) is 10.2 Å². The zero-order valence-electron chi connectivity index (χ0n) is 18.4. The maximum absolute atomic E-state index is 13.4. The first-order valence-electron chi connectivity index (χ1n) is 9.96. The average Bonchev–Trinajstić information content (AvgIpc) is 2.70. The summed E-state index contributed by atoms with van der Waals surface area (Å²) in [7, 11) is -3.75. The van der Waals surface area contributed by atoms with Crippen LogP contribution in [-0.4, -0.2) is 50.0 Å². The second kappa shape index (κ2) is 11.3. The van der Waals surface area contributed by atoms with E-state index in [1.165, 1.54) is 4.90 Å². The van der Waals surface area contributed by atoms with Crippen LogP contribution >= 0.6 is 34.2 Å². The Kier molecular flexibility index (Phi) is 9.35. The van der Waals surface area contributed by atoms with Crippen LogP contribution in [0.2, 0.25) is 5.02 Å². The lowest BCUT2D eigenvalue weighted by atomic mass is 10.1. The summed E-state index contributed by atoms with van der Waals surface area (Å²) >= 11 is 8.40. The molecule has 0 spiro atoms. The molecule has 0 heterocycles. The molecular weight excluding hydrogens is 565 g/mol. The van der Waals surface area contributed by atoms with E-state index in [4.69, 9.17) is 11.6 Å². The first-order valence-corrected chi connectivity index (χ1v) is 13.3. The molecule has 174 valence electrons. The third kappa shape index (κ3) is 7.35. The van der Waals surface area contributed by atoms with Crippen LogP contribution in [0.5, 0.6) is 0 Å². The molecule has 2 rings (SSSR count). The maximum atomic E-state index is 13.4. The van der Waals surface area contributed by atoms with Gasteiger partial charge in [-0.3, -0.25) is 13.9 Å². The van der Waals surface area contributed by atoms with Gasteiger partial charge in [0.25, 0.3) is 0 Å². The molecule has 0 bridgehead atoms. The Morgan fingerprint density at radius 1 is 1.06 bits per heavy atom. The van der Waals surface area contributed by atoms with Crippen molar-refractivity contribution in [3.05, 3.63) is 62.7 Å². The molecule has 0 aliphatic carbocycles. The van der Waals surface area contributed by atoms with Gasteiger partial charge in [-0.2, -0.15) is 0 Å². The lowest BCUT2D eigenvalue weighted by molar-refractivity contribution is -0.139. The van der Waals surface area contributed by atoms with Crippen LogP contribution in [0.25, 0.3) is 0 Å². The van der Waals surface area contributed by atoms with Gasteiger partial charge < -0.3 is 10.2 Å². The Balaban J connectivity index is 2.39. The Labute approximate surface area is 208 Å². The van der Waals surface area contributed by atoms with Gasteiger partial charge in [0, 0.05) is 21.2 Å². The highest BCUT2D eigenvalue weighted by molar-refractivity contribution is 14.1. The van der Waals surface area contributed by atoms with Gasteiger partial charge in [-0.1, -0.05) is 29.8 Å². The summed E-state index contributed by atoms with van der Waals surface area (Å²) < 4.78 is 27.0. The molecule has 1 N–H and O–H groups in total. The minimum absolute atomic E-state index is 0.0650. The summed E-state index contributed by atoms with van der Waals surface area (Å²) in [6, 6.07) is 12.9. The molecule has 2 amide bonds. The Bertz CT molecular complexity index is 1060. The van der Waals surface area contributed by atoms with Crippen molar-refractivity contribution in [2.24, 2.45) is 0 Å². The molecule has 2 aromatic carbocycles. The fourth-order valence-corrected chi connectivity index (χ4v) is 4.42. The van der Waals surface area contributed by atoms with E-state index in [0.29, 0.717) is 16.3 Å². The first kappa shape index (κ1) is 26.4. The molecule has 32 heavy (non-hydrogen) atoms. The summed E-state index contributed by atoms with van der Waals surface area (Å²) in [5.74, 6) is -0.846. The quantitative estimate of drug-likeness (QED) is 0.451. The molecule has 7 nitrogen and oxygen atoms in total. The topological polar surface area (TPSA) is 86.8 Å². The van der Waals surface area contributed by atoms with Crippen LogP contribution in [-0.2, 0) is 26.2 Å². The summed E-state index contributed by atoms with van der Waals surface area (Å²) in [4.78, 5) is 27.4. The third-order valence-electron chi connectivity index (χ3n) is 4.69. The van der Waals surface area contributed by atoms with Crippen molar-refractivity contribution in [2.75, 3.05) is 17.1 Å². The molecule has 0 saturated heterocycles. The van der Waals surface area contributed by atoms with Crippen molar-refractivity contribution >= 4 is 61.7 Å². The lowest BCUT2D eigenvalue weighted by Crippen LogP contribution is -2.52. The summed E-state index contributed by atoms with van der Waals surface area (Å²) in [5, 5.41) is 3.26. The second-order valence-corrected chi connectivity index (χ2v) is 11.3. The monoisotopic (exact) mass is 591 g/mol. The predicted molar refractivity (Wildman–Crippen MR) is 136 cm³/mol. The van der Waals surface area contributed by atoms with E-state index >= 15 is 0 Å². The summed E-state index contributed by atoms with van der Waals surface area (Å²) in [6.07, 6.45) is 1.05. The van der Waals surface area contributed by atoms with E-state index in [9.17, 15) is 18.0 Å². The van der Waals surface area contributed by atoms with E-state index in [1.54, 1.807) is 55.5 Å². The molecule has 0 unspecified atom stereocenters. The van der Waals surface area contributed by atoms with Gasteiger partial charge in [-0.15, -0.1) is 0 Å². The van der Waals surface area contributed by atoms with E-state index in [1.807, 2.05) is 13.8 Å². The van der Waals surface area contributed by atoms with Gasteiger partial charge in [0.1, 0.15) is 12.6 Å². The van der Waals surface area contributed by atoms with Crippen molar-refractivity contribution in [3.8, 4) is 0 Å². The molecule has 0 radical (unpaired) electrons. The number of anilines is 1. The van der Waals surface area contributed by atoms with E-state index in [0.717, 1.165) is 14.1 Å². The van der Waals surface area contributed by atoms with Gasteiger partial charge in [-0.25, -0.2) is 8.42 Å². The van der Waals surface area contributed by atoms with Crippen LogP contribution in [0.4, 0.5) is 5.69 Å². The number of nitrogens with one attached hydrogen (secondary N) is 1. The third-order valence-corrected chi connectivity index (χ3v) is 6.92. The normalized spacial score (nSPS) is 12.3. The minimum Gasteiger partial charge on any atom is -0.352 e. The Morgan fingerprint density at radius 2 is 1.66 bits per heavy atom. The van der Waals surface area contributed by atoms with Crippen LogP contribution in [0.1, 0.15) is 26.3 Å². The molecule has 0 aliphatic heterocycles. The zero-order valence-corrected chi connectivity index (χ0v) is 22.1. The fraction of sp³-hybridized carbons (Fsp3) is 0.364. The van der Waals surface area contributed by atoms with E-state index in [2.05, 4.69) is 27.9 Å². The van der Waals surface area contributed by atoms with Crippen LogP contribution in [0, 0.1) is 3.57 Å². The Hall–Kier alpha value is -1.85. The SMILES string of the molecule is CC(C)NC(=O)[C@@H](C)N(Cc1ccccc1Cl)C(=O)CN(c1ccc(I)cc1)S(C)(=O)=O. The van der Waals surface area contributed by atoms with Crippen molar-refractivity contribution in [1.29, 1.82) is 0 Å². The number of sulfonamides is 1. The number of hydrogen-bond acceptors (Lipinski definition) is 4. The van der Waals surface area contributed by atoms with Gasteiger partial charge >= 0.3 is 0 Å². The number of hydrogen-bond donors (Lipinski definition) is 1. The molecule has 0 aliphatic rings. The maximum Gasteiger partial charge on any atom is 0.244 e. The van der Waals surface area contributed by atoms with Gasteiger partial charge in [-0.05, 0) is 79.3 Å². The van der Waals surface area contributed by atoms with Gasteiger partial charge in [0.15, 0.2) is 0 Å². The first-order chi connectivity index (χ1) is 14.9. The Morgan fingerprint density at radius 3 is 2.19 bits per heavy atom. The molecule has 1 atom stereocenters. The second-order valence-electron chi connectivity index (χ2n) is 7.70. The van der Waals surface area contributed by atoms with Gasteiger partial charge in [0.05, 0.1) is 11.9 Å². The minimum atomic E-state index is -3.75. The number of carbonyl (C=O) groups is 2. The predicted octanol–water partition coefficient (Wildman–Crippen LogP) is 3.65.